The number of hydrogen-bond acceptors (Lipinski definition) is 2. The van der Waals surface area contributed by atoms with E-state index >= 15 is 0 Å². The Hall–Kier alpha value is -0.940. The molecule has 0 aromatic carbocycles. The molecule has 0 aromatic heterocycles. The second-order valence-electron chi connectivity index (χ2n) is 5.69. The molecule has 2 rings (SSSR count). The van der Waals surface area contributed by atoms with Gasteiger partial charge in [0.05, 0.1) is 0 Å². The van der Waals surface area contributed by atoms with Gasteiger partial charge >= 0.3 is 0 Å². The van der Waals surface area contributed by atoms with Crippen LogP contribution in [-0.4, -0.2) is 6.10 Å². The van der Waals surface area contributed by atoms with Gasteiger partial charge in [0.25, 0.3) is 0 Å². The molecule has 0 aliphatic heterocycles. The van der Waals surface area contributed by atoms with Crippen molar-refractivity contribution >= 4 is 0 Å². The molecule has 2 heteroatoms. The first-order valence-electron chi connectivity index (χ1n) is 6.62. The summed E-state index contributed by atoms with van der Waals surface area (Å²) < 4.78 is 0. The highest BCUT2D eigenvalue weighted by molar-refractivity contribution is 5.18. The first kappa shape index (κ1) is 12.5. The zero-order chi connectivity index (χ0) is 12.4. The van der Waals surface area contributed by atoms with E-state index in [2.05, 4.69) is 33.0 Å². The quantitative estimate of drug-likeness (QED) is 0.315. The largest absolute Gasteiger partial charge is 0.282 e. The lowest BCUT2D eigenvalue weighted by Gasteiger charge is -2.43. The van der Waals surface area contributed by atoms with E-state index in [1.807, 2.05) is 0 Å². The molecule has 0 saturated heterocycles. The predicted octanol–water partition coefficient (Wildman–Crippen LogP) is 3.54. The van der Waals surface area contributed by atoms with Crippen LogP contribution < -0.4 is 0 Å². The molecule has 5 atom stereocenters. The monoisotopic (exact) mass is 234 g/mol. The average Bonchev–Trinajstić information content (AvgIpc) is 2.30. The summed E-state index contributed by atoms with van der Waals surface area (Å²) in [6.07, 6.45) is 13.3. The van der Waals surface area contributed by atoms with Crippen LogP contribution in [0.15, 0.2) is 11.6 Å². The van der Waals surface area contributed by atoms with Gasteiger partial charge in [-0.2, -0.15) is 4.89 Å². The van der Waals surface area contributed by atoms with Crippen LogP contribution in [0.2, 0.25) is 0 Å². The summed E-state index contributed by atoms with van der Waals surface area (Å²) in [4.78, 5) is 10.2. The maximum absolute atomic E-state index is 5.41. The van der Waals surface area contributed by atoms with E-state index in [1.54, 1.807) is 5.57 Å². The van der Waals surface area contributed by atoms with Crippen LogP contribution in [0.25, 0.3) is 0 Å². The van der Waals surface area contributed by atoms with Crippen molar-refractivity contribution in [1.29, 1.82) is 0 Å². The number of fused-ring (bicyclic) bond motifs is 1. The number of allylic oxidation sites excluding steroid dienone is 1. The average molecular weight is 234 g/mol. The lowest BCUT2D eigenvalue weighted by Crippen LogP contribution is -2.40. The minimum atomic E-state index is 0.124. The smallest absolute Gasteiger partial charge is 0.153 e. The molecule has 0 heterocycles. The summed E-state index contributed by atoms with van der Waals surface area (Å²) in [5.41, 5.74) is 1.56. The third kappa shape index (κ3) is 2.50. The van der Waals surface area contributed by atoms with Gasteiger partial charge in [-0.25, -0.2) is 0 Å². The Morgan fingerprint density at radius 2 is 2.12 bits per heavy atom. The maximum Gasteiger partial charge on any atom is 0.153 e. The Balaban J connectivity index is 2.17. The van der Waals surface area contributed by atoms with E-state index < -0.39 is 0 Å². The van der Waals surface area contributed by atoms with Gasteiger partial charge in [0, 0.05) is 5.92 Å². The molecule has 1 saturated carbocycles. The molecule has 2 nitrogen and oxygen atoms in total. The Labute approximate surface area is 104 Å². The number of hydrogen-bond donors (Lipinski definition) is 0. The van der Waals surface area contributed by atoms with Crippen LogP contribution in [0.3, 0.4) is 0 Å². The third-order valence-electron chi connectivity index (χ3n) is 4.50. The zero-order valence-corrected chi connectivity index (χ0v) is 11.0. The summed E-state index contributed by atoms with van der Waals surface area (Å²) in [7, 11) is 0. The van der Waals surface area contributed by atoms with Gasteiger partial charge in [0.15, 0.2) is 6.11 Å². The topological polar surface area (TPSA) is 18.5 Å². The summed E-state index contributed by atoms with van der Waals surface area (Å²) in [5, 5.41) is 0. The molecular weight excluding hydrogens is 212 g/mol. The highest BCUT2D eigenvalue weighted by Gasteiger charge is 2.40. The van der Waals surface area contributed by atoms with E-state index in [4.69, 9.17) is 16.2 Å². The minimum absolute atomic E-state index is 0.124. The summed E-state index contributed by atoms with van der Waals surface area (Å²) in [6.45, 7) is 6.89. The van der Waals surface area contributed by atoms with Gasteiger partial charge < -0.3 is 0 Å². The fraction of sp³-hybridized carbons (Fsp3) is 0.733. The van der Waals surface area contributed by atoms with Crippen LogP contribution >= 0.6 is 0 Å². The fourth-order valence-corrected chi connectivity index (χ4v) is 3.42. The zero-order valence-electron chi connectivity index (χ0n) is 11.0. The molecule has 0 aromatic rings. The van der Waals surface area contributed by atoms with Crippen molar-refractivity contribution in [1.82, 2.24) is 0 Å². The molecule has 2 aliphatic carbocycles. The lowest BCUT2D eigenvalue weighted by atomic mass is 9.65. The van der Waals surface area contributed by atoms with Crippen molar-refractivity contribution in [3.63, 3.8) is 0 Å². The van der Waals surface area contributed by atoms with Gasteiger partial charge in [0.1, 0.15) is 6.10 Å². The summed E-state index contributed by atoms with van der Waals surface area (Å²) in [5.74, 6) is 2.45. The normalized spacial score (nSPS) is 41.1. The molecule has 1 fully saturated rings. The Bertz CT molecular complexity index is 339. The number of rotatable bonds is 2. The molecule has 0 bridgehead atoms. The summed E-state index contributed by atoms with van der Waals surface area (Å²) in [6, 6.07) is 0. The molecule has 0 radical (unpaired) electrons. The van der Waals surface area contributed by atoms with E-state index in [0.29, 0.717) is 17.8 Å². The van der Waals surface area contributed by atoms with Crippen molar-refractivity contribution in [2.75, 3.05) is 0 Å². The molecule has 5 unspecified atom stereocenters. The van der Waals surface area contributed by atoms with Gasteiger partial charge in [-0.1, -0.05) is 38.8 Å². The van der Waals surface area contributed by atoms with Crippen molar-refractivity contribution in [2.24, 2.45) is 23.7 Å². The molecule has 2 aliphatic rings. The molecule has 17 heavy (non-hydrogen) atoms. The summed E-state index contributed by atoms with van der Waals surface area (Å²) >= 11 is 0. The van der Waals surface area contributed by atoms with Crippen LogP contribution in [-0.2, 0) is 9.78 Å². The van der Waals surface area contributed by atoms with E-state index in [9.17, 15) is 0 Å². The first-order valence-corrected chi connectivity index (χ1v) is 6.62. The SMILES string of the molecule is C#COOC1CC(C)C=C2CCC(C)C(C)C21. The van der Waals surface area contributed by atoms with E-state index in [0.717, 1.165) is 12.3 Å². The Kier molecular flexibility index (Phi) is 3.79. The van der Waals surface area contributed by atoms with Gasteiger partial charge in [-0.05, 0) is 37.0 Å². The maximum atomic E-state index is 5.41. The van der Waals surface area contributed by atoms with Crippen molar-refractivity contribution in [2.45, 2.75) is 46.1 Å². The third-order valence-corrected chi connectivity index (χ3v) is 4.50. The van der Waals surface area contributed by atoms with Crippen LogP contribution in [0.1, 0.15) is 40.0 Å². The molecule has 0 amide bonds. The van der Waals surface area contributed by atoms with Gasteiger partial charge in [0.2, 0.25) is 0 Å². The molecular formula is C15H22O2. The van der Waals surface area contributed by atoms with Crippen LogP contribution in [0.4, 0.5) is 0 Å². The Morgan fingerprint density at radius 3 is 2.82 bits per heavy atom. The second-order valence-corrected chi connectivity index (χ2v) is 5.69. The first-order chi connectivity index (χ1) is 8.13. The second kappa shape index (κ2) is 5.14. The number of terminal acetylenes is 1. The van der Waals surface area contributed by atoms with E-state index in [1.165, 1.54) is 12.8 Å². The van der Waals surface area contributed by atoms with Crippen molar-refractivity contribution in [3.8, 4) is 12.5 Å². The van der Waals surface area contributed by atoms with E-state index in [-0.39, 0.29) is 6.10 Å². The highest BCUT2D eigenvalue weighted by Crippen LogP contribution is 2.45. The molecule has 0 N–H and O–H groups in total. The van der Waals surface area contributed by atoms with Crippen molar-refractivity contribution < 1.29 is 9.78 Å². The van der Waals surface area contributed by atoms with Gasteiger partial charge in [-0.3, -0.25) is 4.89 Å². The Morgan fingerprint density at radius 1 is 1.35 bits per heavy atom. The lowest BCUT2D eigenvalue weighted by molar-refractivity contribution is -0.290. The van der Waals surface area contributed by atoms with Crippen molar-refractivity contribution in [3.05, 3.63) is 11.6 Å². The molecule has 0 spiro atoms. The van der Waals surface area contributed by atoms with Gasteiger partial charge in [-0.15, -0.1) is 0 Å². The van der Waals surface area contributed by atoms with Crippen LogP contribution in [0, 0.1) is 36.2 Å². The standard InChI is InChI=1S/C15H22O2/c1-5-16-17-14-9-10(2)8-13-7-6-11(3)12(4)15(13)14/h1,8,10-12,14-15H,6-7,9H2,2-4H3. The minimum Gasteiger partial charge on any atom is -0.282 e. The fourth-order valence-electron chi connectivity index (χ4n) is 3.42. The predicted molar refractivity (Wildman–Crippen MR) is 67.7 cm³/mol. The highest BCUT2D eigenvalue weighted by atomic mass is 17.2. The molecule has 94 valence electrons. The van der Waals surface area contributed by atoms with Crippen LogP contribution in [0.5, 0.6) is 0 Å².